The Morgan fingerprint density at radius 1 is 1.27 bits per heavy atom. The van der Waals surface area contributed by atoms with Crippen molar-refractivity contribution in [1.29, 1.82) is 0 Å². The highest BCUT2D eigenvalue weighted by atomic mass is 16.5. The minimum atomic E-state index is 0.380. The number of benzene rings is 1. The molecule has 0 aromatic heterocycles. The minimum absolute atomic E-state index is 0.380. The first-order valence-electron chi connectivity index (χ1n) is 4.73. The van der Waals surface area contributed by atoms with Crippen LogP contribution in [0.4, 0.5) is 0 Å². The molecule has 0 atom stereocenters. The van der Waals surface area contributed by atoms with Crippen molar-refractivity contribution in [3.8, 4) is 23.3 Å². The molecule has 0 aliphatic carbocycles. The quantitative estimate of drug-likeness (QED) is 0.540. The molecule has 0 aliphatic heterocycles. The molecule has 1 aromatic rings. The third-order valence-electron chi connectivity index (χ3n) is 1.68. The van der Waals surface area contributed by atoms with E-state index in [1.807, 2.05) is 24.3 Å². The van der Waals surface area contributed by atoms with E-state index >= 15 is 0 Å². The van der Waals surface area contributed by atoms with Gasteiger partial charge in [-0.2, -0.15) is 0 Å². The summed E-state index contributed by atoms with van der Waals surface area (Å²) in [4.78, 5) is 0. The van der Waals surface area contributed by atoms with Crippen LogP contribution >= 0.6 is 0 Å². The molecular formula is C13H14O2. The van der Waals surface area contributed by atoms with Gasteiger partial charge >= 0.3 is 0 Å². The van der Waals surface area contributed by atoms with Crippen molar-refractivity contribution in [2.75, 3.05) is 13.2 Å². The van der Waals surface area contributed by atoms with Crippen LogP contribution in [-0.2, 0) is 0 Å². The average molecular weight is 202 g/mol. The molecule has 1 aromatic carbocycles. The molecule has 0 heterocycles. The molecule has 0 aliphatic rings. The van der Waals surface area contributed by atoms with E-state index in [-0.39, 0.29) is 0 Å². The third kappa shape index (κ3) is 3.78. The summed E-state index contributed by atoms with van der Waals surface area (Å²) in [5.41, 5.74) is 0. The summed E-state index contributed by atoms with van der Waals surface area (Å²) in [5, 5.41) is 0. The van der Waals surface area contributed by atoms with Gasteiger partial charge in [0, 0.05) is 0 Å². The van der Waals surface area contributed by atoms with Gasteiger partial charge in [0.1, 0.15) is 13.2 Å². The molecule has 0 saturated heterocycles. The summed E-state index contributed by atoms with van der Waals surface area (Å²) >= 11 is 0. The van der Waals surface area contributed by atoms with Crippen LogP contribution in [0.3, 0.4) is 0 Å². The van der Waals surface area contributed by atoms with Gasteiger partial charge < -0.3 is 9.47 Å². The van der Waals surface area contributed by atoms with E-state index in [0.29, 0.717) is 19.0 Å². The van der Waals surface area contributed by atoms with Crippen molar-refractivity contribution in [3.05, 3.63) is 36.9 Å². The predicted octanol–water partition coefficient (Wildman–Crippen LogP) is 2.65. The van der Waals surface area contributed by atoms with E-state index in [4.69, 9.17) is 9.47 Å². The molecular weight excluding hydrogens is 188 g/mol. The normalized spacial score (nSPS) is 8.60. The molecule has 0 radical (unpaired) electrons. The number of hydrogen-bond acceptors (Lipinski definition) is 2. The van der Waals surface area contributed by atoms with E-state index in [0.717, 1.165) is 5.75 Å². The monoisotopic (exact) mass is 202 g/mol. The zero-order valence-corrected chi connectivity index (χ0v) is 8.82. The fourth-order valence-corrected chi connectivity index (χ4v) is 1.02. The van der Waals surface area contributed by atoms with Gasteiger partial charge in [0.2, 0.25) is 0 Å². The summed E-state index contributed by atoms with van der Waals surface area (Å²) in [7, 11) is 0. The maximum Gasteiger partial charge on any atom is 0.162 e. The molecule has 0 fully saturated rings. The highest BCUT2D eigenvalue weighted by molar-refractivity contribution is 5.39. The second kappa shape index (κ2) is 6.56. The van der Waals surface area contributed by atoms with Crippen molar-refractivity contribution < 1.29 is 9.47 Å². The standard InChI is InChI=1S/C13H14O2/c1-3-5-11-15-13-9-7-6-8-12(13)14-10-4-2/h4,6-9H,2,10-11H2,1H3. The highest BCUT2D eigenvalue weighted by Crippen LogP contribution is 2.26. The Morgan fingerprint density at radius 2 is 1.93 bits per heavy atom. The van der Waals surface area contributed by atoms with E-state index in [9.17, 15) is 0 Å². The van der Waals surface area contributed by atoms with E-state index in [1.165, 1.54) is 0 Å². The summed E-state index contributed by atoms with van der Waals surface area (Å²) in [5.74, 6) is 7.03. The second-order valence-corrected chi connectivity index (χ2v) is 2.76. The Bertz CT molecular complexity index is 372. The third-order valence-corrected chi connectivity index (χ3v) is 1.68. The average Bonchev–Trinajstić information content (AvgIpc) is 2.28. The van der Waals surface area contributed by atoms with Gasteiger partial charge in [0.15, 0.2) is 11.5 Å². The molecule has 0 bridgehead atoms. The lowest BCUT2D eigenvalue weighted by molar-refractivity contribution is 0.311. The van der Waals surface area contributed by atoms with Gasteiger partial charge in [0.25, 0.3) is 0 Å². The molecule has 15 heavy (non-hydrogen) atoms. The molecule has 0 N–H and O–H groups in total. The molecule has 0 spiro atoms. The molecule has 0 unspecified atom stereocenters. The number of rotatable bonds is 5. The number of hydrogen-bond donors (Lipinski definition) is 0. The summed E-state index contributed by atoms with van der Waals surface area (Å²) in [6.07, 6.45) is 1.70. The topological polar surface area (TPSA) is 18.5 Å². The summed E-state index contributed by atoms with van der Waals surface area (Å²) in [6.45, 7) is 6.23. The van der Waals surface area contributed by atoms with Crippen LogP contribution in [0.25, 0.3) is 0 Å². The minimum Gasteiger partial charge on any atom is -0.486 e. The fraction of sp³-hybridized carbons (Fsp3) is 0.231. The maximum atomic E-state index is 5.44. The first kappa shape index (κ1) is 11.2. The first-order chi connectivity index (χ1) is 7.38. The summed E-state index contributed by atoms with van der Waals surface area (Å²) < 4.78 is 10.9. The molecule has 0 amide bonds. The van der Waals surface area contributed by atoms with Gasteiger partial charge in [-0.15, -0.1) is 5.92 Å². The zero-order chi connectivity index (χ0) is 10.9. The van der Waals surface area contributed by atoms with Crippen LogP contribution in [0.2, 0.25) is 0 Å². The Balaban J connectivity index is 2.65. The van der Waals surface area contributed by atoms with Crippen LogP contribution in [0.1, 0.15) is 6.92 Å². The van der Waals surface area contributed by atoms with Crippen LogP contribution in [0.5, 0.6) is 11.5 Å². The van der Waals surface area contributed by atoms with Crippen molar-refractivity contribution in [1.82, 2.24) is 0 Å². The summed E-state index contributed by atoms with van der Waals surface area (Å²) in [6, 6.07) is 7.51. The van der Waals surface area contributed by atoms with Crippen LogP contribution in [0, 0.1) is 11.8 Å². The fourth-order valence-electron chi connectivity index (χ4n) is 1.02. The number of ether oxygens (including phenoxy) is 2. The Hall–Kier alpha value is -1.88. The van der Waals surface area contributed by atoms with Gasteiger partial charge in [-0.3, -0.25) is 0 Å². The Morgan fingerprint density at radius 3 is 2.53 bits per heavy atom. The number of para-hydroxylation sites is 2. The van der Waals surface area contributed by atoms with Crippen LogP contribution < -0.4 is 9.47 Å². The largest absolute Gasteiger partial charge is 0.486 e. The molecule has 0 saturated carbocycles. The Labute approximate surface area is 90.5 Å². The van der Waals surface area contributed by atoms with Gasteiger partial charge in [-0.25, -0.2) is 0 Å². The smallest absolute Gasteiger partial charge is 0.162 e. The van der Waals surface area contributed by atoms with Gasteiger partial charge in [-0.05, 0) is 19.1 Å². The van der Waals surface area contributed by atoms with Crippen molar-refractivity contribution in [3.63, 3.8) is 0 Å². The van der Waals surface area contributed by atoms with Gasteiger partial charge in [0.05, 0.1) is 0 Å². The van der Waals surface area contributed by atoms with Gasteiger partial charge in [-0.1, -0.05) is 30.7 Å². The highest BCUT2D eigenvalue weighted by Gasteiger charge is 2.01. The van der Waals surface area contributed by atoms with E-state index in [1.54, 1.807) is 13.0 Å². The molecule has 78 valence electrons. The second-order valence-electron chi connectivity index (χ2n) is 2.76. The van der Waals surface area contributed by atoms with E-state index in [2.05, 4.69) is 18.4 Å². The molecule has 2 heteroatoms. The lowest BCUT2D eigenvalue weighted by Crippen LogP contribution is -1.99. The van der Waals surface area contributed by atoms with Crippen LogP contribution in [0.15, 0.2) is 36.9 Å². The van der Waals surface area contributed by atoms with Crippen LogP contribution in [-0.4, -0.2) is 13.2 Å². The van der Waals surface area contributed by atoms with Crippen molar-refractivity contribution in [2.24, 2.45) is 0 Å². The molecule has 2 nitrogen and oxygen atoms in total. The Kier molecular flexibility index (Phi) is 4.89. The predicted molar refractivity (Wildman–Crippen MR) is 61.1 cm³/mol. The SMILES string of the molecule is C=CCOc1ccccc1OCC#CC. The molecule has 1 rings (SSSR count). The lowest BCUT2D eigenvalue weighted by atomic mass is 10.3. The van der Waals surface area contributed by atoms with E-state index < -0.39 is 0 Å². The van der Waals surface area contributed by atoms with Crippen molar-refractivity contribution >= 4 is 0 Å². The first-order valence-corrected chi connectivity index (χ1v) is 4.73. The zero-order valence-electron chi connectivity index (χ0n) is 8.82. The van der Waals surface area contributed by atoms with Crippen molar-refractivity contribution in [2.45, 2.75) is 6.92 Å². The lowest BCUT2D eigenvalue weighted by Gasteiger charge is -2.09. The maximum absolute atomic E-state index is 5.44.